The molecular formula is C23H30N2O. The van der Waals surface area contributed by atoms with Gasteiger partial charge in [-0.25, -0.2) is 0 Å². The predicted octanol–water partition coefficient (Wildman–Crippen LogP) is 4.97. The van der Waals surface area contributed by atoms with Crippen LogP contribution < -0.4 is 5.32 Å². The molecule has 1 aliphatic rings. The van der Waals surface area contributed by atoms with Crippen molar-refractivity contribution in [1.82, 2.24) is 4.90 Å². The van der Waals surface area contributed by atoms with Gasteiger partial charge in [0.2, 0.25) is 5.91 Å². The number of nitrogens with zero attached hydrogens (tertiary/aromatic N) is 1. The van der Waals surface area contributed by atoms with E-state index in [1.165, 1.54) is 16.7 Å². The Labute approximate surface area is 157 Å². The summed E-state index contributed by atoms with van der Waals surface area (Å²) in [6, 6.07) is 16.8. The zero-order valence-corrected chi connectivity index (χ0v) is 16.2. The van der Waals surface area contributed by atoms with Crippen LogP contribution >= 0.6 is 0 Å². The third kappa shape index (κ3) is 4.73. The smallest absolute Gasteiger partial charge is 0.228 e. The van der Waals surface area contributed by atoms with Gasteiger partial charge >= 0.3 is 0 Å². The van der Waals surface area contributed by atoms with Gasteiger partial charge in [0.15, 0.2) is 0 Å². The standard InChI is InChI=1S/C23H30N2O/c1-17(2)21-8-4-5-9-22(21)24-23(26)20-7-6-14-25(16-20)15-19-12-10-18(3)11-13-19/h4-5,8-13,17,20H,6-7,14-16H2,1-3H3,(H,24,26). The zero-order valence-electron chi connectivity index (χ0n) is 16.2. The molecule has 3 nitrogen and oxygen atoms in total. The molecule has 2 aromatic rings. The second-order valence-electron chi connectivity index (χ2n) is 7.79. The lowest BCUT2D eigenvalue weighted by Gasteiger charge is -2.32. The molecule has 1 fully saturated rings. The average Bonchev–Trinajstić information content (AvgIpc) is 2.64. The van der Waals surface area contributed by atoms with Crippen molar-refractivity contribution in [3.05, 3.63) is 65.2 Å². The fraction of sp³-hybridized carbons (Fsp3) is 0.435. The van der Waals surface area contributed by atoms with Crippen LogP contribution in [0.5, 0.6) is 0 Å². The number of benzene rings is 2. The van der Waals surface area contributed by atoms with Crippen molar-refractivity contribution < 1.29 is 4.79 Å². The molecule has 1 saturated heterocycles. The molecule has 1 heterocycles. The lowest BCUT2D eigenvalue weighted by atomic mass is 9.95. The lowest BCUT2D eigenvalue weighted by molar-refractivity contribution is -0.121. The van der Waals surface area contributed by atoms with Gasteiger partial charge in [0, 0.05) is 18.8 Å². The molecule has 1 N–H and O–H groups in total. The largest absolute Gasteiger partial charge is 0.326 e. The van der Waals surface area contributed by atoms with Gasteiger partial charge < -0.3 is 5.32 Å². The molecule has 1 aliphatic heterocycles. The Morgan fingerprint density at radius 2 is 1.88 bits per heavy atom. The van der Waals surface area contributed by atoms with Gasteiger partial charge in [-0.15, -0.1) is 0 Å². The monoisotopic (exact) mass is 350 g/mol. The first-order valence-electron chi connectivity index (χ1n) is 9.70. The summed E-state index contributed by atoms with van der Waals surface area (Å²) in [5.74, 6) is 0.622. The maximum absolute atomic E-state index is 12.8. The predicted molar refractivity (Wildman–Crippen MR) is 108 cm³/mol. The van der Waals surface area contributed by atoms with E-state index in [0.717, 1.165) is 38.2 Å². The highest BCUT2D eigenvalue weighted by Crippen LogP contribution is 2.26. The van der Waals surface area contributed by atoms with Gasteiger partial charge in [-0.3, -0.25) is 9.69 Å². The fourth-order valence-corrected chi connectivity index (χ4v) is 3.71. The van der Waals surface area contributed by atoms with E-state index in [9.17, 15) is 4.79 Å². The Morgan fingerprint density at radius 3 is 2.62 bits per heavy atom. The molecule has 138 valence electrons. The van der Waals surface area contributed by atoms with Crippen molar-refractivity contribution in [2.45, 2.75) is 46.1 Å². The molecule has 3 heteroatoms. The number of para-hydroxylation sites is 1. The second kappa shape index (κ2) is 8.50. The van der Waals surface area contributed by atoms with E-state index in [1.807, 2.05) is 18.2 Å². The number of nitrogens with one attached hydrogen (secondary N) is 1. The minimum Gasteiger partial charge on any atom is -0.326 e. The second-order valence-corrected chi connectivity index (χ2v) is 7.79. The normalized spacial score (nSPS) is 18.1. The number of anilines is 1. The van der Waals surface area contributed by atoms with Crippen molar-refractivity contribution in [2.75, 3.05) is 18.4 Å². The minimum atomic E-state index is 0.0643. The number of piperidine rings is 1. The van der Waals surface area contributed by atoms with Crippen LogP contribution in [0.4, 0.5) is 5.69 Å². The first-order valence-corrected chi connectivity index (χ1v) is 9.70. The summed E-state index contributed by atoms with van der Waals surface area (Å²) in [7, 11) is 0. The number of amides is 1. The first-order chi connectivity index (χ1) is 12.5. The molecule has 0 saturated carbocycles. The van der Waals surface area contributed by atoms with Crippen LogP contribution in [-0.4, -0.2) is 23.9 Å². The summed E-state index contributed by atoms with van der Waals surface area (Å²) in [6.45, 7) is 9.26. The van der Waals surface area contributed by atoms with Gasteiger partial charge in [0.25, 0.3) is 0 Å². The van der Waals surface area contributed by atoms with Gasteiger partial charge in [-0.2, -0.15) is 0 Å². The summed E-state index contributed by atoms with van der Waals surface area (Å²) in [6.07, 6.45) is 2.05. The van der Waals surface area contributed by atoms with E-state index in [1.54, 1.807) is 0 Å². The summed E-state index contributed by atoms with van der Waals surface area (Å²) >= 11 is 0. The molecule has 0 radical (unpaired) electrons. The Hall–Kier alpha value is -2.13. The Bertz CT molecular complexity index is 736. The summed E-state index contributed by atoms with van der Waals surface area (Å²) in [5, 5.41) is 3.19. The molecule has 1 amide bonds. The third-order valence-electron chi connectivity index (χ3n) is 5.24. The van der Waals surface area contributed by atoms with Crippen LogP contribution in [0.2, 0.25) is 0 Å². The Balaban J connectivity index is 1.62. The van der Waals surface area contributed by atoms with Crippen LogP contribution in [0.25, 0.3) is 0 Å². The highest BCUT2D eigenvalue weighted by atomic mass is 16.1. The number of rotatable bonds is 5. The van der Waals surface area contributed by atoms with Crippen molar-refractivity contribution in [1.29, 1.82) is 0 Å². The zero-order chi connectivity index (χ0) is 18.5. The quantitative estimate of drug-likeness (QED) is 0.826. The molecule has 0 aromatic heterocycles. The summed E-state index contributed by atoms with van der Waals surface area (Å²) < 4.78 is 0. The molecule has 0 spiro atoms. The van der Waals surface area contributed by atoms with Gasteiger partial charge in [-0.05, 0) is 49.4 Å². The third-order valence-corrected chi connectivity index (χ3v) is 5.24. The van der Waals surface area contributed by atoms with Crippen molar-refractivity contribution in [3.63, 3.8) is 0 Å². The molecule has 3 rings (SSSR count). The topological polar surface area (TPSA) is 32.3 Å². The van der Waals surface area contributed by atoms with E-state index in [-0.39, 0.29) is 11.8 Å². The minimum absolute atomic E-state index is 0.0643. The van der Waals surface area contributed by atoms with Gasteiger partial charge in [0.1, 0.15) is 0 Å². The highest BCUT2D eigenvalue weighted by Gasteiger charge is 2.26. The van der Waals surface area contributed by atoms with Crippen LogP contribution in [-0.2, 0) is 11.3 Å². The van der Waals surface area contributed by atoms with E-state index in [0.29, 0.717) is 5.92 Å². The molecule has 1 unspecified atom stereocenters. The first kappa shape index (κ1) is 18.7. The average molecular weight is 351 g/mol. The van der Waals surface area contributed by atoms with Crippen LogP contribution in [0, 0.1) is 12.8 Å². The van der Waals surface area contributed by atoms with E-state index >= 15 is 0 Å². The molecular weight excluding hydrogens is 320 g/mol. The molecule has 2 aromatic carbocycles. The van der Waals surface area contributed by atoms with E-state index in [4.69, 9.17) is 0 Å². The maximum Gasteiger partial charge on any atom is 0.228 e. The number of aryl methyl sites for hydroxylation is 1. The van der Waals surface area contributed by atoms with Crippen LogP contribution in [0.15, 0.2) is 48.5 Å². The molecule has 0 aliphatic carbocycles. The number of hydrogen-bond donors (Lipinski definition) is 1. The van der Waals surface area contributed by atoms with Crippen molar-refractivity contribution in [2.24, 2.45) is 5.92 Å². The van der Waals surface area contributed by atoms with Crippen LogP contribution in [0.1, 0.15) is 49.3 Å². The van der Waals surface area contributed by atoms with Crippen molar-refractivity contribution >= 4 is 11.6 Å². The van der Waals surface area contributed by atoms with Crippen molar-refractivity contribution in [3.8, 4) is 0 Å². The lowest BCUT2D eigenvalue weighted by Crippen LogP contribution is -2.40. The van der Waals surface area contributed by atoms with Gasteiger partial charge in [0.05, 0.1) is 5.92 Å². The molecule has 1 atom stereocenters. The van der Waals surface area contributed by atoms with E-state index in [2.05, 4.69) is 61.3 Å². The summed E-state index contributed by atoms with van der Waals surface area (Å²) in [4.78, 5) is 15.3. The SMILES string of the molecule is Cc1ccc(CN2CCCC(C(=O)Nc3ccccc3C(C)C)C2)cc1. The number of hydrogen-bond acceptors (Lipinski definition) is 2. The highest BCUT2D eigenvalue weighted by molar-refractivity contribution is 5.93. The Morgan fingerprint density at radius 1 is 1.15 bits per heavy atom. The molecule has 26 heavy (non-hydrogen) atoms. The van der Waals surface area contributed by atoms with Gasteiger partial charge in [-0.1, -0.05) is 61.9 Å². The number of carbonyl (C=O) groups excluding carboxylic acids is 1. The Kier molecular flexibility index (Phi) is 6.10. The van der Waals surface area contributed by atoms with E-state index < -0.39 is 0 Å². The number of likely N-dealkylation sites (tertiary alicyclic amines) is 1. The fourth-order valence-electron chi connectivity index (χ4n) is 3.71. The maximum atomic E-state index is 12.8. The molecule has 0 bridgehead atoms. The summed E-state index contributed by atoms with van der Waals surface area (Å²) in [5.41, 5.74) is 4.77. The number of carbonyl (C=O) groups is 1. The van der Waals surface area contributed by atoms with Crippen LogP contribution in [0.3, 0.4) is 0 Å².